The molecule has 26 heavy (non-hydrogen) atoms. The number of amides is 1. The molecular weight excluding hydrogens is 330 g/mol. The molecule has 142 valence electrons. The quantitative estimate of drug-likeness (QED) is 0.482. The smallest absolute Gasteiger partial charge is 0.326 e. The highest BCUT2D eigenvalue weighted by molar-refractivity contribution is 5.95. The van der Waals surface area contributed by atoms with Gasteiger partial charge < -0.3 is 14.7 Å². The van der Waals surface area contributed by atoms with Gasteiger partial charge in [-0.2, -0.15) is 0 Å². The molecule has 0 saturated carbocycles. The first kappa shape index (κ1) is 20.2. The van der Waals surface area contributed by atoms with E-state index in [1.165, 1.54) is 10.5 Å². The molecule has 5 heteroatoms. The summed E-state index contributed by atoms with van der Waals surface area (Å²) in [6.07, 6.45) is 5.89. The van der Waals surface area contributed by atoms with Crippen molar-refractivity contribution in [1.82, 2.24) is 4.90 Å². The van der Waals surface area contributed by atoms with E-state index in [1.54, 1.807) is 0 Å². The summed E-state index contributed by atoms with van der Waals surface area (Å²) in [5.74, 6) is -1.11. The van der Waals surface area contributed by atoms with Crippen molar-refractivity contribution in [2.75, 3.05) is 13.2 Å². The Hall–Kier alpha value is -2.14. The summed E-state index contributed by atoms with van der Waals surface area (Å²) >= 11 is 0. The Morgan fingerprint density at radius 3 is 2.62 bits per heavy atom. The molecule has 0 radical (unpaired) electrons. The average Bonchev–Trinajstić information content (AvgIpc) is 3.14. The lowest BCUT2D eigenvalue weighted by Gasteiger charge is -2.22. The molecule has 1 aromatic carbocycles. The highest BCUT2D eigenvalue weighted by Gasteiger charge is 2.34. The van der Waals surface area contributed by atoms with Gasteiger partial charge in [0.2, 0.25) is 5.91 Å². The van der Waals surface area contributed by atoms with Crippen LogP contribution in [0, 0.1) is 0 Å². The number of carbonyl (C=O) groups excluding carboxylic acids is 1. The average molecular weight is 359 g/mol. The van der Waals surface area contributed by atoms with E-state index in [-0.39, 0.29) is 5.91 Å². The number of carbonyl (C=O) groups is 2. The minimum atomic E-state index is -0.917. The highest BCUT2D eigenvalue weighted by atomic mass is 16.5. The van der Waals surface area contributed by atoms with Crippen LogP contribution in [0.2, 0.25) is 0 Å². The second kappa shape index (κ2) is 10.8. The van der Waals surface area contributed by atoms with Crippen LogP contribution in [0.3, 0.4) is 0 Å². The minimum absolute atomic E-state index is 0.193. The number of hydrogen-bond donors (Lipinski definition) is 1. The van der Waals surface area contributed by atoms with Crippen molar-refractivity contribution >= 4 is 11.9 Å². The molecule has 0 unspecified atom stereocenters. The lowest BCUT2D eigenvalue weighted by molar-refractivity contribution is -0.146. The standard InChI is InChI=1S/C21H29NO4/c1-17(20(23)22-14-9-13-19(22)21(24)25)10-5-2-3-8-15-26-16-18-11-6-4-7-12-18/h4,6-7,11-12,19H,1-3,5,8-10,13-16H2,(H,24,25)/t19-/m0/s1. The first-order valence-corrected chi connectivity index (χ1v) is 9.43. The molecule has 1 aromatic rings. The van der Waals surface area contributed by atoms with E-state index in [0.29, 0.717) is 31.6 Å². The molecule has 1 N–H and O–H groups in total. The molecule has 1 aliphatic heterocycles. The first-order chi connectivity index (χ1) is 12.6. The van der Waals surface area contributed by atoms with E-state index in [2.05, 4.69) is 18.7 Å². The number of carboxylic acid groups (broad SMARTS) is 1. The summed E-state index contributed by atoms with van der Waals surface area (Å²) in [7, 11) is 0. The lowest BCUT2D eigenvalue weighted by Crippen LogP contribution is -2.41. The lowest BCUT2D eigenvalue weighted by atomic mass is 10.1. The van der Waals surface area contributed by atoms with Crippen LogP contribution in [-0.4, -0.2) is 41.1 Å². The van der Waals surface area contributed by atoms with Gasteiger partial charge in [-0.15, -0.1) is 0 Å². The van der Waals surface area contributed by atoms with Crippen molar-refractivity contribution in [3.8, 4) is 0 Å². The van der Waals surface area contributed by atoms with Crippen molar-refractivity contribution in [3.05, 3.63) is 48.0 Å². The van der Waals surface area contributed by atoms with Crippen molar-refractivity contribution in [3.63, 3.8) is 0 Å². The Morgan fingerprint density at radius 1 is 1.15 bits per heavy atom. The highest BCUT2D eigenvalue weighted by Crippen LogP contribution is 2.21. The number of rotatable bonds is 11. The zero-order valence-corrected chi connectivity index (χ0v) is 15.4. The summed E-state index contributed by atoms with van der Waals surface area (Å²) < 4.78 is 5.65. The topological polar surface area (TPSA) is 66.8 Å². The molecule has 5 nitrogen and oxygen atoms in total. The van der Waals surface area contributed by atoms with Gasteiger partial charge in [0, 0.05) is 18.7 Å². The number of hydrogen-bond acceptors (Lipinski definition) is 3. The van der Waals surface area contributed by atoms with Gasteiger partial charge >= 0.3 is 5.97 Å². The van der Waals surface area contributed by atoms with Gasteiger partial charge in [-0.05, 0) is 37.7 Å². The summed E-state index contributed by atoms with van der Waals surface area (Å²) in [6, 6.07) is 9.44. The minimum Gasteiger partial charge on any atom is -0.480 e. The molecule has 1 amide bonds. The van der Waals surface area contributed by atoms with Crippen LogP contribution in [0.5, 0.6) is 0 Å². The second-order valence-corrected chi connectivity index (χ2v) is 6.80. The fraction of sp³-hybridized carbons (Fsp3) is 0.524. The van der Waals surface area contributed by atoms with E-state index >= 15 is 0 Å². The van der Waals surface area contributed by atoms with Gasteiger partial charge in [-0.3, -0.25) is 4.79 Å². The third kappa shape index (κ3) is 6.30. The maximum atomic E-state index is 12.3. The normalized spacial score (nSPS) is 16.6. The van der Waals surface area contributed by atoms with Crippen LogP contribution in [0.4, 0.5) is 0 Å². The number of unbranched alkanes of at least 4 members (excludes halogenated alkanes) is 3. The van der Waals surface area contributed by atoms with Crippen LogP contribution in [-0.2, 0) is 20.9 Å². The molecule has 1 atom stereocenters. The van der Waals surface area contributed by atoms with Crippen molar-refractivity contribution in [2.45, 2.75) is 57.6 Å². The number of nitrogens with zero attached hydrogens (tertiary/aromatic N) is 1. The maximum absolute atomic E-state index is 12.3. The fourth-order valence-electron chi connectivity index (χ4n) is 3.24. The summed E-state index contributed by atoms with van der Waals surface area (Å²) in [5, 5.41) is 9.17. The predicted octanol–water partition coefficient (Wildman–Crippen LogP) is 3.79. The number of benzene rings is 1. The maximum Gasteiger partial charge on any atom is 0.326 e. The van der Waals surface area contributed by atoms with Gasteiger partial charge in [0.25, 0.3) is 0 Å². The SMILES string of the molecule is C=C(CCCCCCOCc1ccccc1)C(=O)N1CCC[C@H]1C(=O)O. The Kier molecular flexibility index (Phi) is 8.35. The molecule has 0 aliphatic carbocycles. The Bertz CT molecular complexity index is 599. The van der Waals surface area contributed by atoms with Crippen LogP contribution >= 0.6 is 0 Å². The first-order valence-electron chi connectivity index (χ1n) is 9.43. The van der Waals surface area contributed by atoms with Gasteiger partial charge in [0.05, 0.1) is 6.61 Å². The van der Waals surface area contributed by atoms with E-state index in [0.717, 1.165) is 38.7 Å². The van der Waals surface area contributed by atoms with Crippen molar-refractivity contribution in [2.24, 2.45) is 0 Å². The monoisotopic (exact) mass is 359 g/mol. The third-order valence-corrected chi connectivity index (χ3v) is 4.73. The molecule has 1 heterocycles. The Labute approximate surface area is 155 Å². The molecule has 0 spiro atoms. The largest absolute Gasteiger partial charge is 0.480 e. The van der Waals surface area contributed by atoms with E-state index in [9.17, 15) is 9.59 Å². The molecule has 0 bridgehead atoms. The number of ether oxygens (including phenoxy) is 1. The van der Waals surface area contributed by atoms with E-state index in [4.69, 9.17) is 9.84 Å². The zero-order chi connectivity index (χ0) is 18.8. The number of aliphatic carboxylic acids is 1. The summed E-state index contributed by atoms with van der Waals surface area (Å²) in [4.78, 5) is 25.0. The van der Waals surface area contributed by atoms with Gasteiger partial charge in [-0.25, -0.2) is 4.79 Å². The third-order valence-electron chi connectivity index (χ3n) is 4.73. The van der Waals surface area contributed by atoms with Gasteiger partial charge in [0.15, 0.2) is 0 Å². The Balaban J connectivity index is 1.53. The number of carboxylic acids is 1. The summed E-state index contributed by atoms with van der Waals surface area (Å²) in [6.45, 7) is 5.77. The van der Waals surface area contributed by atoms with E-state index in [1.807, 2.05) is 18.2 Å². The van der Waals surface area contributed by atoms with Gasteiger partial charge in [-0.1, -0.05) is 49.8 Å². The van der Waals surface area contributed by atoms with Crippen molar-refractivity contribution in [1.29, 1.82) is 0 Å². The van der Waals surface area contributed by atoms with Crippen LogP contribution < -0.4 is 0 Å². The Morgan fingerprint density at radius 2 is 1.88 bits per heavy atom. The van der Waals surface area contributed by atoms with E-state index < -0.39 is 12.0 Å². The second-order valence-electron chi connectivity index (χ2n) is 6.80. The van der Waals surface area contributed by atoms with Crippen LogP contribution in [0.25, 0.3) is 0 Å². The molecule has 0 aromatic heterocycles. The van der Waals surface area contributed by atoms with Crippen LogP contribution in [0.1, 0.15) is 50.5 Å². The molecule has 1 saturated heterocycles. The van der Waals surface area contributed by atoms with Crippen molar-refractivity contribution < 1.29 is 19.4 Å². The van der Waals surface area contributed by atoms with Crippen LogP contribution in [0.15, 0.2) is 42.5 Å². The molecule has 1 aliphatic rings. The number of likely N-dealkylation sites (tertiary alicyclic amines) is 1. The molecule has 2 rings (SSSR count). The predicted molar refractivity (Wildman–Crippen MR) is 101 cm³/mol. The molecular formula is C21H29NO4. The molecule has 1 fully saturated rings. The van der Waals surface area contributed by atoms with Gasteiger partial charge in [0.1, 0.15) is 6.04 Å². The fourth-order valence-corrected chi connectivity index (χ4v) is 3.24. The summed E-state index contributed by atoms with van der Waals surface area (Å²) in [5.41, 5.74) is 1.71. The zero-order valence-electron chi connectivity index (χ0n) is 15.4.